The Balaban J connectivity index is 2.16. The van der Waals surface area contributed by atoms with Gasteiger partial charge in [0.25, 0.3) is 0 Å². The molecule has 0 unspecified atom stereocenters. The highest BCUT2D eigenvalue weighted by atomic mass is 16.2. The summed E-state index contributed by atoms with van der Waals surface area (Å²) in [4.78, 5) is 57.4. The molecule has 6 N–H and O–H groups in total. The summed E-state index contributed by atoms with van der Waals surface area (Å²) >= 11 is 0. The maximum Gasteiger partial charge on any atom is 0.235 e. The van der Waals surface area contributed by atoms with E-state index < -0.39 is 24.0 Å². The van der Waals surface area contributed by atoms with Crippen molar-refractivity contribution in [1.82, 2.24) is 21.4 Å². The van der Waals surface area contributed by atoms with Crippen LogP contribution in [-0.2, 0) is 24.0 Å². The van der Waals surface area contributed by atoms with E-state index in [4.69, 9.17) is 5.84 Å². The molecule has 0 saturated heterocycles. The molecule has 152 valence electrons. The Morgan fingerprint density at radius 2 is 1.48 bits per heavy atom. The van der Waals surface area contributed by atoms with Gasteiger partial charge in [0.05, 0.1) is 26.2 Å². The molecule has 0 aliphatic heterocycles. The van der Waals surface area contributed by atoms with Gasteiger partial charge < -0.3 is 20.7 Å². The average Bonchev–Trinajstić information content (AvgIpc) is 2.61. The highest BCUT2D eigenvalue weighted by Gasteiger charge is 2.23. The summed E-state index contributed by atoms with van der Waals surface area (Å²) in [5.41, 5.74) is 2.13. The first-order valence-corrected chi connectivity index (χ1v) is 9.07. The maximum atomic E-state index is 11.9. The molecule has 1 fully saturated rings. The first-order valence-electron chi connectivity index (χ1n) is 9.07. The summed E-state index contributed by atoms with van der Waals surface area (Å²) in [6.07, 6.45) is 4.09. The van der Waals surface area contributed by atoms with Gasteiger partial charge in [-0.25, -0.2) is 0 Å². The maximum absolute atomic E-state index is 11.9. The van der Waals surface area contributed by atoms with E-state index >= 15 is 0 Å². The Morgan fingerprint density at radius 3 is 2.07 bits per heavy atom. The van der Waals surface area contributed by atoms with Crippen LogP contribution in [0.1, 0.15) is 39.0 Å². The summed E-state index contributed by atoms with van der Waals surface area (Å²) in [7, 11) is 0. The first-order chi connectivity index (χ1) is 12.8. The monoisotopic (exact) mass is 383 g/mol. The van der Waals surface area contributed by atoms with E-state index in [1.165, 1.54) is 0 Å². The predicted octanol–water partition coefficient (Wildman–Crippen LogP) is -2.05. The Kier molecular flexibility index (Phi) is 10.4. The number of hydrogen-bond donors (Lipinski definition) is 5. The van der Waals surface area contributed by atoms with E-state index in [0.717, 1.165) is 25.7 Å². The molecule has 0 aromatic heterocycles. The molecule has 0 aromatic carbocycles. The number of Topliss-reactive ketones (excluding diaryl/α,β-unsaturated/α-hetero) is 3. The number of carbonyl (C=O) groups is 5. The van der Waals surface area contributed by atoms with Crippen LogP contribution in [0.15, 0.2) is 0 Å². The van der Waals surface area contributed by atoms with E-state index in [1.807, 2.05) is 0 Å². The highest BCUT2D eigenvalue weighted by molar-refractivity contribution is 6.39. The molecule has 0 radical (unpaired) electrons. The van der Waals surface area contributed by atoms with E-state index in [2.05, 4.69) is 21.4 Å². The molecular weight excluding hydrogens is 354 g/mol. The van der Waals surface area contributed by atoms with Crippen molar-refractivity contribution in [2.45, 2.75) is 45.1 Å². The fourth-order valence-corrected chi connectivity index (χ4v) is 3.02. The zero-order chi connectivity index (χ0) is 20.2. The number of carbonyl (C=O) groups excluding carboxylic acids is 5. The summed E-state index contributed by atoms with van der Waals surface area (Å²) in [5.74, 6) is 3.35. The zero-order valence-corrected chi connectivity index (χ0v) is 15.6. The molecule has 0 bridgehead atoms. The lowest BCUT2D eigenvalue weighted by atomic mass is 9.83. The number of amides is 2. The number of hydrazine groups is 1. The van der Waals surface area contributed by atoms with E-state index in [0.29, 0.717) is 12.3 Å². The SMILES string of the molecule is CC(=O)CC1CCC(NC(=O)CNCC(=O)C(=O)CNC(=O)CNN)CC1. The van der Waals surface area contributed by atoms with E-state index in [-0.39, 0.29) is 37.4 Å². The third-order valence-corrected chi connectivity index (χ3v) is 4.38. The van der Waals surface area contributed by atoms with Crippen molar-refractivity contribution in [2.24, 2.45) is 11.8 Å². The first kappa shape index (κ1) is 22.9. The van der Waals surface area contributed by atoms with Crippen molar-refractivity contribution < 1.29 is 24.0 Å². The number of rotatable bonds is 12. The Morgan fingerprint density at radius 1 is 0.852 bits per heavy atom. The minimum absolute atomic E-state index is 0.0736. The second-order valence-corrected chi connectivity index (χ2v) is 6.80. The van der Waals surface area contributed by atoms with Gasteiger partial charge >= 0.3 is 0 Å². The second-order valence-electron chi connectivity index (χ2n) is 6.80. The largest absolute Gasteiger partial charge is 0.352 e. The molecule has 0 atom stereocenters. The smallest absolute Gasteiger partial charge is 0.235 e. The molecule has 0 heterocycles. The lowest BCUT2D eigenvalue weighted by molar-refractivity contribution is -0.136. The standard InChI is InChI=1S/C17H29N5O5/c1-11(23)6-12-2-4-13(5-3-12)22-17(27)9-19-7-14(24)15(25)8-20-16(26)10-21-18/h12-13,19,21H,2-10,18H2,1H3,(H,20,26)(H,22,27). The van der Waals surface area contributed by atoms with Gasteiger partial charge in [0, 0.05) is 12.5 Å². The molecule has 0 aromatic rings. The topological polar surface area (TPSA) is 159 Å². The van der Waals surface area contributed by atoms with Gasteiger partial charge in [0.1, 0.15) is 5.78 Å². The van der Waals surface area contributed by atoms with Crippen LogP contribution in [0.3, 0.4) is 0 Å². The molecule has 2 amide bonds. The molecule has 1 saturated carbocycles. The van der Waals surface area contributed by atoms with Crippen LogP contribution < -0.4 is 27.2 Å². The summed E-state index contributed by atoms with van der Waals surface area (Å²) < 4.78 is 0. The average molecular weight is 383 g/mol. The van der Waals surface area contributed by atoms with Gasteiger partial charge in [-0.05, 0) is 38.5 Å². The molecule has 10 heteroatoms. The van der Waals surface area contributed by atoms with Gasteiger partial charge in [-0.3, -0.25) is 30.4 Å². The van der Waals surface area contributed by atoms with Gasteiger partial charge in [0.15, 0.2) is 0 Å². The van der Waals surface area contributed by atoms with Crippen molar-refractivity contribution in [3.63, 3.8) is 0 Å². The second kappa shape index (κ2) is 12.3. The molecule has 0 spiro atoms. The fraction of sp³-hybridized carbons (Fsp3) is 0.706. The van der Waals surface area contributed by atoms with Crippen LogP contribution in [0, 0.1) is 5.92 Å². The van der Waals surface area contributed by atoms with Crippen LogP contribution in [0.4, 0.5) is 0 Å². The van der Waals surface area contributed by atoms with Gasteiger partial charge in [-0.2, -0.15) is 0 Å². The van der Waals surface area contributed by atoms with Gasteiger partial charge in [0.2, 0.25) is 23.4 Å². The molecule has 27 heavy (non-hydrogen) atoms. The predicted molar refractivity (Wildman–Crippen MR) is 97.3 cm³/mol. The van der Waals surface area contributed by atoms with E-state index in [9.17, 15) is 24.0 Å². The number of ketones is 3. The van der Waals surface area contributed by atoms with Crippen LogP contribution in [0.5, 0.6) is 0 Å². The Labute approximate surface area is 158 Å². The molecule has 1 aliphatic rings. The summed E-state index contributed by atoms with van der Waals surface area (Å²) in [5, 5.41) is 7.78. The van der Waals surface area contributed by atoms with Gasteiger partial charge in [-0.1, -0.05) is 0 Å². The lowest BCUT2D eigenvalue weighted by Crippen LogP contribution is -2.45. The Hall–Kier alpha value is -2.17. The van der Waals surface area contributed by atoms with Crippen LogP contribution in [0.25, 0.3) is 0 Å². The van der Waals surface area contributed by atoms with Crippen molar-refractivity contribution >= 4 is 29.2 Å². The van der Waals surface area contributed by atoms with Gasteiger partial charge in [-0.15, -0.1) is 0 Å². The third kappa shape index (κ3) is 9.92. The van der Waals surface area contributed by atoms with Crippen molar-refractivity contribution in [3.05, 3.63) is 0 Å². The molecule has 10 nitrogen and oxygen atoms in total. The Bertz CT molecular complexity index is 558. The minimum Gasteiger partial charge on any atom is -0.352 e. The van der Waals surface area contributed by atoms with E-state index in [1.54, 1.807) is 6.92 Å². The molecule has 1 aliphatic carbocycles. The van der Waals surface area contributed by atoms with Crippen LogP contribution >= 0.6 is 0 Å². The highest BCUT2D eigenvalue weighted by Crippen LogP contribution is 2.26. The fourth-order valence-electron chi connectivity index (χ4n) is 3.02. The molecular formula is C17H29N5O5. The van der Waals surface area contributed by atoms with Crippen molar-refractivity contribution in [1.29, 1.82) is 0 Å². The van der Waals surface area contributed by atoms with Crippen molar-refractivity contribution in [2.75, 3.05) is 26.2 Å². The lowest BCUT2D eigenvalue weighted by Gasteiger charge is -2.28. The third-order valence-electron chi connectivity index (χ3n) is 4.38. The normalized spacial score (nSPS) is 19.2. The molecule has 1 rings (SSSR count). The summed E-state index contributed by atoms with van der Waals surface area (Å²) in [6, 6.07) is 0.0752. The van der Waals surface area contributed by atoms with Crippen LogP contribution in [-0.4, -0.2) is 61.4 Å². The number of nitrogens with two attached hydrogens (primary N) is 1. The number of nitrogens with one attached hydrogen (secondary N) is 4. The van der Waals surface area contributed by atoms with Crippen LogP contribution in [0.2, 0.25) is 0 Å². The minimum atomic E-state index is -0.753. The quantitative estimate of drug-likeness (QED) is 0.146. The zero-order valence-electron chi connectivity index (χ0n) is 15.6. The summed E-state index contributed by atoms with van der Waals surface area (Å²) in [6.45, 7) is 0.683. The number of hydrogen-bond acceptors (Lipinski definition) is 8. The van der Waals surface area contributed by atoms with Crippen molar-refractivity contribution in [3.8, 4) is 0 Å².